The molecule has 2 rings (SSSR count). The monoisotopic (exact) mass is 254 g/mol. The summed E-state index contributed by atoms with van der Waals surface area (Å²) in [6.45, 7) is 0.624. The van der Waals surface area contributed by atoms with Gasteiger partial charge < -0.3 is 5.73 Å². The van der Waals surface area contributed by atoms with Gasteiger partial charge >= 0.3 is 0 Å². The Labute approximate surface area is 102 Å². The molecule has 0 heterocycles. The first kappa shape index (κ1) is 12.4. The second-order valence-corrected chi connectivity index (χ2v) is 6.78. The molecule has 0 aromatic heterocycles. The quantitative estimate of drug-likeness (QED) is 0.874. The van der Waals surface area contributed by atoms with Crippen molar-refractivity contribution in [3.63, 3.8) is 0 Å². The Morgan fingerprint density at radius 2 is 2.06 bits per heavy atom. The second kappa shape index (κ2) is 3.99. The van der Waals surface area contributed by atoms with Crippen LogP contribution >= 0.6 is 0 Å². The van der Waals surface area contributed by atoms with Gasteiger partial charge in [0.25, 0.3) is 0 Å². The molecule has 1 fully saturated rings. The third kappa shape index (κ3) is 2.30. The summed E-state index contributed by atoms with van der Waals surface area (Å²) >= 11 is 0. The third-order valence-corrected chi connectivity index (χ3v) is 4.77. The third-order valence-electron chi connectivity index (χ3n) is 3.56. The first-order chi connectivity index (χ1) is 7.89. The molecule has 0 aliphatic heterocycles. The van der Waals surface area contributed by atoms with Gasteiger partial charge in [0, 0.05) is 19.0 Å². The van der Waals surface area contributed by atoms with E-state index in [9.17, 15) is 8.42 Å². The van der Waals surface area contributed by atoms with Crippen molar-refractivity contribution in [2.45, 2.75) is 18.3 Å². The molecule has 1 aromatic rings. The highest BCUT2D eigenvalue weighted by Gasteiger charge is 2.42. The van der Waals surface area contributed by atoms with Crippen LogP contribution in [0.25, 0.3) is 0 Å². The lowest BCUT2D eigenvalue weighted by atomic mass is 9.96. The minimum absolute atomic E-state index is 0.0916. The number of nitrogens with two attached hydrogens (primary N) is 1. The van der Waals surface area contributed by atoms with Crippen LogP contribution in [0, 0.1) is 0 Å². The highest BCUT2D eigenvalue weighted by atomic mass is 32.2. The molecule has 0 spiro atoms. The predicted molar refractivity (Wildman–Crippen MR) is 69.7 cm³/mol. The van der Waals surface area contributed by atoms with E-state index >= 15 is 0 Å². The van der Waals surface area contributed by atoms with Crippen molar-refractivity contribution < 1.29 is 8.42 Å². The number of rotatable bonds is 4. The molecule has 1 aliphatic carbocycles. The second-order valence-electron chi connectivity index (χ2n) is 4.77. The number of benzene rings is 1. The summed E-state index contributed by atoms with van der Waals surface area (Å²) in [4.78, 5) is 0. The van der Waals surface area contributed by atoms with Crippen LogP contribution in [-0.4, -0.2) is 28.3 Å². The SMILES string of the molecule is CN(c1cccc(C2(CN)CC2)c1)S(C)(=O)=O. The van der Waals surface area contributed by atoms with E-state index in [1.54, 1.807) is 13.1 Å². The van der Waals surface area contributed by atoms with Crippen molar-refractivity contribution in [1.29, 1.82) is 0 Å². The standard InChI is InChI=1S/C12H18N2O2S/c1-14(17(2,15)16)11-5-3-4-10(8-11)12(9-13)6-7-12/h3-5,8H,6-7,9,13H2,1-2H3. The summed E-state index contributed by atoms with van der Waals surface area (Å²) in [7, 11) is -1.64. The van der Waals surface area contributed by atoms with Crippen LogP contribution in [0.2, 0.25) is 0 Å². The largest absolute Gasteiger partial charge is 0.330 e. The minimum Gasteiger partial charge on any atom is -0.330 e. The molecule has 2 N–H and O–H groups in total. The van der Waals surface area contributed by atoms with Crippen molar-refractivity contribution in [3.8, 4) is 0 Å². The molecule has 0 saturated heterocycles. The summed E-state index contributed by atoms with van der Waals surface area (Å²) in [5.74, 6) is 0. The lowest BCUT2D eigenvalue weighted by molar-refractivity contribution is 0.600. The fourth-order valence-electron chi connectivity index (χ4n) is 1.98. The van der Waals surface area contributed by atoms with Crippen molar-refractivity contribution in [2.75, 3.05) is 24.2 Å². The van der Waals surface area contributed by atoms with E-state index in [1.165, 1.54) is 10.6 Å². The van der Waals surface area contributed by atoms with Crippen LogP contribution in [0.4, 0.5) is 5.69 Å². The molecule has 94 valence electrons. The van der Waals surface area contributed by atoms with Gasteiger partial charge in [-0.1, -0.05) is 12.1 Å². The van der Waals surface area contributed by atoms with E-state index in [4.69, 9.17) is 5.73 Å². The highest BCUT2D eigenvalue weighted by Crippen LogP contribution is 2.47. The molecule has 0 atom stereocenters. The maximum Gasteiger partial charge on any atom is 0.231 e. The smallest absolute Gasteiger partial charge is 0.231 e. The van der Waals surface area contributed by atoms with E-state index in [2.05, 4.69) is 0 Å². The van der Waals surface area contributed by atoms with Gasteiger partial charge in [-0.25, -0.2) is 8.42 Å². The molecule has 5 heteroatoms. The summed E-state index contributed by atoms with van der Waals surface area (Å²) in [6, 6.07) is 7.65. The Morgan fingerprint density at radius 1 is 1.41 bits per heavy atom. The lowest BCUT2D eigenvalue weighted by Crippen LogP contribution is -2.25. The van der Waals surface area contributed by atoms with E-state index in [-0.39, 0.29) is 5.41 Å². The average Bonchev–Trinajstić information content (AvgIpc) is 3.08. The van der Waals surface area contributed by atoms with E-state index < -0.39 is 10.0 Å². The number of hydrogen-bond donors (Lipinski definition) is 1. The van der Waals surface area contributed by atoms with Gasteiger partial charge in [0.15, 0.2) is 0 Å². The van der Waals surface area contributed by atoms with E-state index in [1.807, 2.05) is 18.2 Å². The molecule has 1 aliphatic rings. The zero-order chi connectivity index (χ0) is 12.7. The molecule has 0 unspecified atom stereocenters. The van der Waals surface area contributed by atoms with Crippen LogP contribution in [0.15, 0.2) is 24.3 Å². The molecular formula is C12H18N2O2S. The van der Waals surface area contributed by atoms with Crippen molar-refractivity contribution >= 4 is 15.7 Å². The number of sulfonamides is 1. The van der Waals surface area contributed by atoms with Crippen LogP contribution in [-0.2, 0) is 15.4 Å². The van der Waals surface area contributed by atoms with Crippen molar-refractivity contribution in [2.24, 2.45) is 5.73 Å². The first-order valence-electron chi connectivity index (χ1n) is 5.64. The Kier molecular flexibility index (Phi) is 2.91. The Morgan fingerprint density at radius 3 is 2.53 bits per heavy atom. The molecule has 0 amide bonds. The van der Waals surface area contributed by atoms with Crippen LogP contribution in [0.5, 0.6) is 0 Å². The number of hydrogen-bond acceptors (Lipinski definition) is 3. The first-order valence-corrected chi connectivity index (χ1v) is 7.48. The minimum atomic E-state index is -3.20. The van der Waals surface area contributed by atoms with Gasteiger partial charge in [0.05, 0.1) is 11.9 Å². The van der Waals surface area contributed by atoms with Crippen molar-refractivity contribution in [3.05, 3.63) is 29.8 Å². The topological polar surface area (TPSA) is 63.4 Å². The highest BCUT2D eigenvalue weighted by molar-refractivity contribution is 7.92. The van der Waals surface area contributed by atoms with E-state index in [0.29, 0.717) is 12.2 Å². The van der Waals surface area contributed by atoms with Gasteiger partial charge in [-0.15, -0.1) is 0 Å². The lowest BCUT2D eigenvalue weighted by Gasteiger charge is -2.19. The van der Waals surface area contributed by atoms with Gasteiger partial charge in [0.2, 0.25) is 10.0 Å². The van der Waals surface area contributed by atoms with Crippen molar-refractivity contribution in [1.82, 2.24) is 0 Å². The van der Waals surface area contributed by atoms with Gasteiger partial charge in [-0.3, -0.25) is 4.31 Å². The average molecular weight is 254 g/mol. The normalized spacial score (nSPS) is 17.8. The number of anilines is 1. The number of nitrogens with zero attached hydrogens (tertiary/aromatic N) is 1. The molecule has 1 saturated carbocycles. The Hall–Kier alpha value is -1.07. The van der Waals surface area contributed by atoms with Gasteiger partial charge in [-0.2, -0.15) is 0 Å². The fourth-order valence-corrected chi connectivity index (χ4v) is 2.48. The van der Waals surface area contributed by atoms with Crippen LogP contribution < -0.4 is 10.0 Å². The zero-order valence-corrected chi connectivity index (χ0v) is 11.0. The maximum absolute atomic E-state index is 11.5. The Bertz CT molecular complexity index is 521. The Balaban J connectivity index is 2.36. The summed E-state index contributed by atoms with van der Waals surface area (Å²) in [5.41, 5.74) is 7.72. The van der Waals surface area contributed by atoms with Gasteiger partial charge in [-0.05, 0) is 30.5 Å². The maximum atomic E-state index is 11.5. The molecule has 4 nitrogen and oxygen atoms in total. The fraction of sp³-hybridized carbons (Fsp3) is 0.500. The molecule has 0 radical (unpaired) electrons. The summed E-state index contributed by atoms with van der Waals surface area (Å²) < 4.78 is 24.3. The van der Waals surface area contributed by atoms with Crippen LogP contribution in [0.1, 0.15) is 18.4 Å². The van der Waals surface area contributed by atoms with E-state index in [0.717, 1.165) is 18.4 Å². The van der Waals surface area contributed by atoms with Gasteiger partial charge in [0.1, 0.15) is 0 Å². The molecular weight excluding hydrogens is 236 g/mol. The molecule has 0 bridgehead atoms. The zero-order valence-electron chi connectivity index (χ0n) is 10.2. The molecule has 17 heavy (non-hydrogen) atoms. The predicted octanol–water partition coefficient (Wildman–Crippen LogP) is 1.07. The van der Waals surface area contributed by atoms with Crippen LogP contribution in [0.3, 0.4) is 0 Å². The summed E-state index contributed by atoms with van der Waals surface area (Å²) in [6.07, 6.45) is 3.39. The molecule has 1 aromatic carbocycles. The summed E-state index contributed by atoms with van der Waals surface area (Å²) in [5, 5.41) is 0.